The van der Waals surface area contributed by atoms with Gasteiger partial charge in [0.2, 0.25) is 0 Å². The second-order valence-corrected chi connectivity index (χ2v) is 24.5. The van der Waals surface area contributed by atoms with Crippen molar-refractivity contribution in [2.45, 2.75) is 234 Å². The number of rotatable bonds is 16. The number of allylic oxidation sites excluding steroid dienone is 1. The standard InChI is InChI=1S/C52H88O23/c1-22(17-53)8-7-13-52(6,75-47-43(67)39(63)37(61)31(72-47)21-69-45-41(65)34(58)28(57)20-68-45)25-12-15-51(5)33(25)27(56)16-26-23-9-10-32(49(2,3)24(23)11-14-50(26,51)4)73-48-44(40(64)36(60)30(19-55)71-48)74-46-42(66)38(62)35(59)29(18-54)70-46/h8,23-48,53-67H,7,9-21H2,1-6H3. The number of aliphatic hydroxyl groups excluding tert-OH is 15. The molecule has 23 nitrogen and oxygen atoms in total. The van der Waals surface area contributed by atoms with Crippen LogP contribution >= 0.6 is 0 Å². The molecule has 0 aromatic carbocycles. The Morgan fingerprint density at radius 3 is 1.84 bits per heavy atom. The molecule has 8 aliphatic rings. The zero-order valence-electron chi connectivity index (χ0n) is 44.0. The molecule has 0 radical (unpaired) electrons. The number of ether oxygens (including phenoxy) is 8. The Morgan fingerprint density at radius 1 is 0.600 bits per heavy atom. The molecule has 4 heterocycles. The normalized spacial score (nSPS) is 52.1. The lowest BCUT2D eigenvalue weighted by Crippen LogP contribution is -2.66. The molecule has 0 bridgehead atoms. The molecule has 0 aromatic heterocycles. The fourth-order valence-corrected chi connectivity index (χ4v) is 15.3. The van der Waals surface area contributed by atoms with Crippen LogP contribution in [-0.2, 0) is 37.9 Å². The number of fused-ring (bicyclic) bond motifs is 5. The summed E-state index contributed by atoms with van der Waals surface area (Å²) < 4.78 is 48.5. The molecule has 434 valence electrons. The van der Waals surface area contributed by atoms with E-state index in [1.54, 1.807) is 0 Å². The van der Waals surface area contributed by atoms with Gasteiger partial charge in [-0.1, -0.05) is 39.3 Å². The van der Waals surface area contributed by atoms with Crippen molar-refractivity contribution in [3.05, 3.63) is 11.6 Å². The maximum absolute atomic E-state index is 12.7. The fourth-order valence-electron chi connectivity index (χ4n) is 15.3. The predicted octanol–water partition coefficient (Wildman–Crippen LogP) is -2.98. The Hall–Kier alpha value is -1.18. The predicted molar refractivity (Wildman–Crippen MR) is 257 cm³/mol. The quantitative estimate of drug-likeness (QED) is 0.0542. The van der Waals surface area contributed by atoms with Crippen molar-refractivity contribution in [2.75, 3.05) is 33.0 Å². The van der Waals surface area contributed by atoms with Gasteiger partial charge in [0.1, 0.15) is 91.6 Å². The van der Waals surface area contributed by atoms with E-state index in [1.165, 1.54) is 0 Å². The van der Waals surface area contributed by atoms with E-state index in [9.17, 15) is 76.6 Å². The Morgan fingerprint density at radius 2 is 1.19 bits per heavy atom. The molecule has 8 rings (SSSR count). The molecular formula is C52H88O23. The van der Waals surface area contributed by atoms with Gasteiger partial charge >= 0.3 is 0 Å². The molecule has 0 spiro atoms. The van der Waals surface area contributed by atoms with Crippen molar-refractivity contribution in [3.63, 3.8) is 0 Å². The molecule has 75 heavy (non-hydrogen) atoms. The van der Waals surface area contributed by atoms with Crippen molar-refractivity contribution < 1.29 is 114 Å². The molecule has 4 aliphatic carbocycles. The van der Waals surface area contributed by atoms with E-state index in [1.807, 2.05) is 19.9 Å². The van der Waals surface area contributed by atoms with Gasteiger partial charge in [0.15, 0.2) is 25.2 Å². The highest BCUT2D eigenvalue weighted by Gasteiger charge is 2.70. The van der Waals surface area contributed by atoms with Crippen LogP contribution in [0.25, 0.3) is 0 Å². The minimum absolute atomic E-state index is 0.0784. The van der Waals surface area contributed by atoms with Crippen molar-refractivity contribution in [1.82, 2.24) is 0 Å². The van der Waals surface area contributed by atoms with E-state index in [0.29, 0.717) is 38.5 Å². The third-order valence-corrected chi connectivity index (χ3v) is 20.1. The van der Waals surface area contributed by atoms with Crippen molar-refractivity contribution >= 4 is 0 Å². The van der Waals surface area contributed by atoms with Crippen LogP contribution in [0.2, 0.25) is 0 Å². The fraction of sp³-hybridized carbons (Fsp3) is 0.962. The maximum atomic E-state index is 12.7. The highest BCUT2D eigenvalue weighted by atomic mass is 16.8. The van der Waals surface area contributed by atoms with Crippen LogP contribution in [-0.4, -0.2) is 244 Å². The third-order valence-electron chi connectivity index (χ3n) is 20.1. The molecule has 8 fully saturated rings. The molecule has 4 saturated carbocycles. The summed E-state index contributed by atoms with van der Waals surface area (Å²) in [6.07, 6.45) is -23.4. The molecule has 29 unspecified atom stereocenters. The Bertz CT molecular complexity index is 1910. The first kappa shape index (κ1) is 59.9. The SMILES string of the molecule is CC(=CCCC(C)(OC1OC(COC2OCC(O)C(O)C2O)C(O)C(O)C1O)C1CCC2(C)C1C(O)CC1C3CCC(OC4OC(CO)C(O)C(O)C4OC4OC(CO)C(O)C(O)C4O)C(C)(C)C3CCC12C)CO. The summed E-state index contributed by atoms with van der Waals surface area (Å²) in [4.78, 5) is 0. The van der Waals surface area contributed by atoms with Crippen LogP contribution in [0.3, 0.4) is 0 Å². The first-order valence-electron chi connectivity index (χ1n) is 27.1. The average molecular weight is 1080 g/mol. The average Bonchev–Trinajstić information content (AvgIpc) is 3.79. The molecule has 0 amide bonds. The monoisotopic (exact) mass is 1080 g/mol. The number of hydrogen-bond donors (Lipinski definition) is 15. The first-order valence-corrected chi connectivity index (χ1v) is 27.1. The van der Waals surface area contributed by atoms with Gasteiger partial charge in [-0.15, -0.1) is 0 Å². The second-order valence-electron chi connectivity index (χ2n) is 24.5. The topological polar surface area (TPSA) is 377 Å². The molecule has 0 aromatic rings. The summed E-state index contributed by atoms with van der Waals surface area (Å²) in [5.74, 6) is -0.274. The summed E-state index contributed by atoms with van der Waals surface area (Å²) in [6.45, 7) is 10.3. The zero-order chi connectivity index (χ0) is 54.9. The van der Waals surface area contributed by atoms with Gasteiger partial charge in [0.25, 0.3) is 0 Å². The van der Waals surface area contributed by atoms with Crippen molar-refractivity contribution in [3.8, 4) is 0 Å². The highest BCUT2D eigenvalue weighted by molar-refractivity contribution is 5.18. The Balaban J connectivity index is 0.999. The molecule has 4 saturated heterocycles. The van der Waals surface area contributed by atoms with Gasteiger partial charge in [0, 0.05) is 0 Å². The molecule has 23 heteroatoms. The minimum atomic E-state index is -1.81. The van der Waals surface area contributed by atoms with Crippen LogP contribution in [0.15, 0.2) is 11.6 Å². The van der Waals surface area contributed by atoms with Gasteiger partial charge in [-0.05, 0) is 117 Å². The molecule has 4 aliphatic heterocycles. The van der Waals surface area contributed by atoms with Gasteiger partial charge in [-0.3, -0.25) is 0 Å². The smallest absolute Gasteiger partial charge is 0.187 e. The van der Waals surface area contributed by atoms with E-state index in [4.69, 9.17) is 37.9 Å². The first-order chi connectivity index (χ1) is 35.3. The lowest BCUT2D eigenvalue weighted by atomic mass is 9.39. The summed E-state index contributed by atoms with van der Waals surface area (Å²) >= 11 is 0. The van der Waals surface area contributed by atoms with Crippen LogP contribution in [0.1, 0.15) is 99.3 Å². The Labute approximate surface area is 437 Å². The highest BCUT2D eigenvalue weighted by Crippen LogP contribution is 2.73. The summed E-state index contributed by atoms with van der Waals surface area (Å²) in [5.41, 5.74) is -1.59. The molecule has 15 N–H and O–H groups in total. The van der Waals surface area contributed by atoms with E-state index in [0.717, 1.165) is 24.8 Å². The van der Waals surface area contributed by atoms with Gasteiger partial charge < -0.3 is 114 Å². The third kappa shape index (κ3) is 10.9. The number of hydrogen-bond acceptors (Lipinski definition) is 23. The van der Waals surface area contributed by atoms with Crippen LogP contribution in [0.5, 0.6) is 0 Å². The van der Waals surface area contributed by atoms with Gasteiger partial charge in [0.05, 0.1) is 50.8 Å². The Kier molecular flexibility index (Phi) is 18.7. The zero-order valence-corrected chi connectivity index (χ0v) is 44.0. The summed E-state index contributed by atoms with van der Waals surface area (Å²) in [6, 6.07) is 0. The lowest BCUT2D eigenvalue weighted by Gasteiger charge is -2.67. The molecule has 29 atom stereocenters. The van der Waals surface area contributed by atoms with Crippen molar-refractivity contribution in [2.24, 2.45) is 45.8 Å². The molecular weight excluding hydrogens is 993 g/mol. The van der Waals surface area contributed by atoms with E-state index >= 15 is 0 Å². The van der Waals surface area contributed by atoms with E-state index < -0.39 is 165 Å². The van der Waals surface area contributed by atoms with E-state index in [-0.39, 0.29) is 48.2 Å². The van der Waals surface area contributed by atoms with Crippen LogP contribution in [0, 0.1) is 45.8 Å². The second kappa shape index (κ2) is 23.4. The van der Waals surface area contributed by atoms with Gasteiger partial charge in [-0.2, -0.15) is 0 Å². The summed E-state index contributed by atoms with van der Waals surface area (Å²) in [5, 5.41) is 161. The van der Waals surface area contributed by atoms with Gasteiger partial charge in [-0.25, -0.2) is 0 Å². The lowest BCUT2D eigenvalue weighted by molar-refractivity contribution is -0.377. The van der Waals surface area contributed by atoms with Crippen molar-refractivity contribution in [1.29, 1.82) is 0 Å². The minimum Gasteiger partial charge on any atom is -0.394 e. The largest absolute Gasteiger partial charge is 0.394 e. The summed E-state index contributed by atoms with van der Waals surface area (Å²) in [7, 11) is 0. The van der Waals surface area contributed by atoms with E-state index in [2.05, 4.69) is 27.7 Å². The van der Waals surface area contributed by atoms with Crippen LogP contribution < -0.4 is 0 Å². The number of aliphatic hydroxyl groups is 15. The van der Waals surface area contributed by atoms with Crippen LogP contribution in [0.4, 0.5) is 0 Å². The maximum Gasteiger partial charge on any atom is 0.187 e.